The third kappa shape index (κ3) is 3.93. The first-order valence-corrected chi connectivity index (χ1v) is 2.50. The smallest absolute Gasteiger partial charge is 0.288 e. The van der Waals surface area contributed by atoms with Gasteiger partial charge >= 0.3 is 0 Å². The molecule has 1 nitrogen and oxygen atoms in total. The van der Waals surface area contributed by atoms with Crippen molar-refractivity contribution in [3.05, 3.63) is 0 Å². The third-order valence-electron chi connectivity index (χ3n) is 0.713. The number of hydrogen-bond donors (Lipinski definition) is 0. The summed E-state index contributed by atoms with van der Waals surface area (Å²) < 4.78 is 4.84. The van der Waals surface area contributed by atoms with E-state index in [2.05, 4.69) is 0 Å². The van der Waals surface area contributed by atoms with Crippen molar-refractivity contribution in [1.82, 2.24) is 0 Å². The summed E-state index contributed by atoms with van der Waals surface area (Å²) in [7, 11) is 6.94. The molecule has 1 atom stereocenters. The predicted octanol–water partition coefficient (Wildman–Crippen LogP) is 0.575. The Bertz CT molecular complexity index is 40.7. The van der Waals surface area contributed by atoms with Gasteiger partial charge in [-0.05, 0) is 12.4 Å². The van der Waals surface area contributed by atoms with Crippen LogP contribution in [0.5, 0.6) is 0 Å². The van der Waals surface area contributed by atoms with E-state index < -0.39 is 0 Å². The maximum atomic E-state index is 5.33. The van der Waals surface area contributed by atoms with Crippen molar-refractivity contribution < 1.29 is 4.65 Å². The van der Waals surface area contributed by atoms with Crippen LogP contribution in [0.15, 0.2) is 0 Å². The molecule has 0 saturated carbocycles. The normalized spacial score (nSPS) is 13.4. The molecule has 3 heteroatoms. The van der Waals surface area contributed by atoms with E-state index >= 15 is 0 Å². The lowest BCUT2D eigenvalue weighted by molar-refractivity contribution is 0.294. The minimum atomic E-state index is -0.106. The summed E-state index contributed by atoms with van der Waals surface area (Å²) in [5.74, 6) is 0. The van der Waals surface area contributed by atoms with Gasteiger partial charge in [0.2, 0.25) is 0 Å². The predicted molar refractivity (Wildman–Crippen MR) is 32.5 cm³/mol. The highest BCUT2D eigenvalue weighted by Crippen LogP contribution is 1.87. The fourth-order valence-electron chi connectivity index (χ4n) is 0.271. The fraction of sp³-hybridized carbons (Fsp3) is 1.00. The average molecular weight is 94.7 g/mol. The molecule has 0 rings (SSSR count). The molecule has 0 fully saturated rings. The third-order valence-corrected chi connectivity index (χ3v) is 0.713. The molecular formula is C4H9B2O. The molecule has 0 unspecified atom stereocenters. The van der Waals surface area contributed by atoms with Crippen molar-refractivity contribution in [2.24, 2.45) is 0 Å². The lowest BCUT2D eigenvalue weighted by atomic mass is 9.94. The summed E-state index contributed by atoms with van der Waals surface area (Å²) in [4.78, 5) is 0. The molecule has 0 aliphatic heterocycles. The van der Waals surface area contributed by atoms with Crippen molar-refractivity contribution >= 4 is 15.3 Å². The highest BCUT2D eigenvalue weighted by molar-refractivity contribution is 6.26. The van der Waals surface area contributed by atoms with Crippen LogP contribution in [0.25, 0.3) is 0 Å². The zero-order chi connectivity index (χ0) is 5.70. The van der Waals surface area contributed by atoms with Crippen molar-refractivity contribution in [3.63, 3.8) is 0 Å². The zero-order valence-electron chi connectivity index (χ0n) is 4.85. The van der Waals surface area contributed by atoms with Crippen LogP contribution in [0.1, 0.15) is 13.3 Å². The monoisotopic (exact) mass is 95.1 g/mol. The second-order valence-corrected chi connectivity index (χ2v) is 1.32. The first-order chi connectivity index (χ1) is 3.31. The number of rotatable bonds is 3. The Morgan fingerprint density at radius 2 is 2.43 bits per heavy atom. The molecule has 0 aliphatic rings. The van der Waals surface area contributed by atoms with Gasteiger partial charge in [0.15, 0.2) is 0 Å². The summed E-state index contributed by atoms with van der Waals surface area (Å²) in [6, 6.07) is -0.106. The molecule has 0 aromatic carbocycles. The quantitative estimate of drug-likeness (QED) is 0.465. The highest BCUT2D eigenvalue weighted by atomic mass is 16.4. The van der Waals surface area contributed by atoms with Gasteiger partial charge in [0.25, 0.3) is 7.48 Å². The van der Waals surface area contributed by atoms with Crippen LogP contribution in [0.4, 0.5) is 0 Å². The van der Waals surface area contributed by atoms with Crippen LogP contribution in [0.3, 0.4) is 0 Å². The zero-order valence-corrected chi connectivity index (χ0v) is 4.85. The molecule has 0 aliphatic carbocycles. The van der Waals surface area contributed by atoms with Crippen molar-refractivity contribution in [3.8, 4) is 0 Å². The van der Waals surface area contributed by atoms with Gasteiger partial charge in [-0.25, -0.2) is 0 Å². The van der Waals surface area contributed by atoms with Gasteiger partial charge in [-0.2, -0.15) is 0 Å². The Kier molecular flexibility index (Phi) is 4.31. The number of hydrogen-bond acceptors (Lipinski definition) is 1. The lowest BCUT2D eigenvalue weighted by Gasteiger charge is -2.06. The van der Waals surface area contributed by atoms with Gasteiger partial charge in [-0.15, -0.1) is 0 Å². The molecule has 0 spiro atoms. The second kappa shape index (κ2) is 4.25. The van der Waals surface area contributed by atoms with E-state index in [0.717, 1.165) is 6.42 Å². The van der Waals surface area contributed by atoms with Gasteiger partial charge in [-0.3, -0.25) is 0 Å². The minimum absolute atomic E-state index is 0.106. The maximum Gasteiger partial charge on any atom is 0.288 e. The first kappa shape index (κ1) is 7.09. The van der Waals surface area contributed by atoms with E-state index in [1.807, 2.05) is 13.7 Å². The SMILES string of the molecule is [B][C@H](CC)O[B]C. The van der Waals surface area contributed by atoms with E-state index in [1.165, 1.54) is 0 Å². The molecule has 3 radical (unpaired) electrons. The molecule has 0 bridgehead atoms. The van der Waals surface area contributed by atoms with E-state index in [9.17, 15) is 0 Å². The molecule has 7 heavy (non-hydrogen) atoms. The van der Waals surface area contributed by atoms with Crippen molar-refractivity contribution in [2.75, 3.05) is 0 Å². The Morgan fingerprint density at radius 1 is 1.86 bits per heavy atom. The molecule has 0 saturated heterocycles. The standard InChI is InChI=1S/C4H9B2O/c1-3-4(5)7-6-2/h4H,3H2,1-2H3/t4-/m0/s1. The van der Waals surface area contributed by atoms with Crippen LogP contribution >= 0.6 is 0 Å². The molecule has 0 aromatic heterocycles. The summed E-state index contributed by atoms with van der Waals surface area (Å²) in [6.07, 6.45) is 0.865. The molecule has 0 heterocycles. The Balaban J connectivity index is 2.83. The summed E-state index contributed by atoms with van der Waals surface area (Å²) in [5, 5.41) is 0. The Morgan fingerprint density at radius 3 is 2.57 bits per heavy atom. The molecule has 0 N–H and O–H groups in total. The molecule has 0 amide bonds. The van der Waals surface area contributed by atoms with Crippen molar-refractivity contribution in [2.45, 2.75) is 26.2 Å². The van der Waals surface area contributed by atoms with Gasteiger partial charge in [-0.1, -0.05) is 13.7 Å². The van der Waals surface area contributed by atoms with E-state index in [4.69, 9.17) is 12.5 Å². The topological polar surface area (TPSA) is 9.23 Å². The molecule has 0 aromatic rings. The molecule has 37 valence electrons. The van der Waals surface area contributed by atoms with E-state index in [1.54, 1.807) is 7.48 Å². The van der Waals surface area contributed by atoms with Gasteiger partial charge in [0.05, 0.1) is 0 Å². The van der Waals surface area contributed by atoms with Crippen molar-refractivity contribution in [1.29, 1.82) is 0 Å². The summed E-state index contributed by atoms with van der Waals surface area (Å²) in [6.45, 7) is 3.80. The summed E-state index contributed by atoms with van der Waals surface area (Å²) in [5.41, 5.74) is 0. The van der Waals surface area contributed by atoms with Crippen LogP contribution in [-0.2, 0) is 4.65 Å². The van der Waals surface area contributed by atoms with E-state index in [-0.39, 0.29) is 6.00 Å². The van der Waals surface area contributed by atoms with Crippen LogP contribution in [0.2, 0.25) is 6.82 Å². The average Bonchev–Trinajstić information content (AvgIpc) is 1.68. The van der Waals surface area contributed by atoms with Crippen LogP contribution < -0.4 is 0 Å². The maximum absolute atomic E-state index is 5.33. The van der Waals surface area contributed by atoms with Gasteiger partial charge in [0.1, 0.15) is 7.85 Å². The summed E-state index contributed by atoms with van der Waals surface area (Å²) >= 11 is 0. The second-order valence-electron chi connectivity index (χ2n) is 1.32. The largest absolute Gasteiger partial charge is 0.446 e. The van der Waals surface area contributed by atoms with Crippen LogP contribution in [0, 0.1) is 0 Å². The Hall–Kier alpha value is 0.0899. The van der Waals surface area contributed by atoms with Gasteiger partial charge in [0, 0.05) is 0 Å². The minimum Gasteiger partial charge on any atom is -0.446 e. The highest BCUT2D eigenvalue weighted by Gasteiger charge is 1.92. The van der Waals surface area contributed by atoms with Crippen LogP contribution in [-0.4, -0.2) is 21.3 Å². The fourth-order valence-corrected chi connectivity index (χ4v) is 0.271. The molecular weight excluding hydrogens is 85.7 g/mol. The first-order valence-electron chi connectivity index (χ1n) is 2.50. The van der Waals surface area contributed by atoms with Gasteiger partial charge < -0.3 is 4.65 Å². The Labute approximate surface area is 47.1 Å². The van der Waals surface area contributed by atoms with E-state index in [0.29, 0.717) is 0 Å². The lowest BCUT2D eigenvalue weighted by Crippen LogP contribution is -2.11.